The average Bonchev–Trinajstić information content (AvgIpc) is 3.88. The van der Waals surface area contributed by atoms with Crippen LogP contribution in [0.1, 0.15) is 30.9 Å². The first kappa shape index (κ1) is 37.5. The molecule has 58 heavy (non-hydrogen) atoms. The summed E-state index contributed by atoms with van der Waals surface area (Å²) in [5.74, 6) is -5.04. The Labute approximate surface area is 340 Å². The molecule has 0 radical (unpaired) electrons. The summed E-state index contributed by atoms with van der Waals surface area (Å²) in [7, 11) is 3.13. The van der Waals surface area contributed by atoms with Crippen molar-refractivity contribution in [3.8, 4) is 22.1 Å². The number of halogens is 1. The minimum Gasteiger partial charge on any atom is -0.504 e. The van der Waals surface area contributed by atoms with Crippen molar-refractivity contribution >= 4 is 79.9 Å². The van der Waals surface area contributed by atoms with Gasteiger partial charge in [-0.25, -0.2) is 9.80 Å². The van der Waals surface area contributed by atoms with Crippen molar-refractivity contribution in [3.63, 3.8) is 0 Å². The van der Waals surface area contributed by atoms with Gasteiger partial charge in [0.15, 0.2) is 11.5 Å². The zero-order valence-corrected chi connectivity index (χ0v) is 33.3. The van der Waals surface area contributed by atoms with Crippen molar-refractivity contribution in [1.29, 1.82) is 0 Å². The molecule has 294 valence electrons. The van der Waals surface area contributed by atoms with E-state index < -0.39 is 63.6 Å². The van der Waals surface area contributed by atoms with E-state index in [1.165, 1.54) is 47.0 Å². The molecule has 4 amide bonds. The fraction of sp³-hybridized carbons (Fsp3) is 0.279. The number of hydrogen-bond donors (Lipinski definition) is 1. The Hall–Kier alpha value is -6.12. The van der Waals surface area contributed by atoms with Crippen LogP contribution in [0.5, 0.6) is 11.5 Å². The molecule has 0 spiro atoms. The summed E-state index contributed by atoms with van der Waals surface area (Å²) in [5, 5.41) is 28.3. The molecule has 0 unspecified atom stereocenters. The van der Waals surface area contributed by atoms with Crippen LogP contribution in [0.2, 0.25) is 5.02 Å². The van der Waals surface area contributed by atoms with Crippen LogP contribution in [-0.4, -0.2) is 50.5 Å². The highest BCUT2D eigenvalue weighted by molar-refractivity contribution is 7.22. The second-order valence-corrected chi connectivity index (χ2v) is 17.0. The van der Waals surface area contributed by atoms with Gasteiger partial charge in [0.25, 0.3) is 5.69 Å². The number of methoxy groups -OCH3 is 1. The maximum atomic E-state index is 15.1. The second-order valence-electron chi connectivity index (χ2n) is 15.5. The lowest BCUT2D eigenvalue weighted by atomic mass is 9.52. The third kappa shape index (κ3) is 5.45. The van der Waals surface area contributed by atoms with Gasteiger partial charge in [-0.2, -0.15) is 5.10 Å². The van der Waals surface area contributed by atoms with Gasteiger partial charge in [-0.1, -0.05) is 47.5 Å². The summed E-state index contributed by atoms with van der Waals surface area (Å²) in [6.07, 6.45) is 5.94. The number of rotatable bonds is 7. The summed E-state index contributed by atoms with van der Waals surface area (Å²) >= 11 is 7.86. The number of nitro benzene ring substituents is 1. The van der Waals surface area contributed by atoms with Crippen molar-refractivity contribution in [3.05, 3.63) is 111 Å². The summed E-state index contributed by atoms with van der Waals surface area (Å²) in [6, 6.07) is 17.7. The Balaban J connectivity index is 1.13. The van der Waals surface area contributed by atoms with Crippen molar-refractivity contribution in [2.75, 3.05) is 16.9 Å². The summed E-state index contributed by atoms with van der Waals surface area (Å²) < 4.78 is 7.89. The molecule has 4 aliphatic rings. The maximum absolute atomic E-state index is 15.1. The lowest BCUT2D eigenvalue weighted by Gasteiger charge is -2.47. The number of imide groups is 2. The van der Waals surface area contributed by atoms with Gasteiger partial charge in [0.1, 0.15) is 11.5 Å². The number of aromatic nitrogens is 2. The van der Waals surface area contributed by atoms with E-state index in [4.69, 9.17) is 21.4 Å². The zero-order chi connectivity index (χ0) is 40.9. The number of carbonyl (C=O) groups is 4. The molecule has 15 heteroatoms. The number of amides is 4. The SMILES string of the molecule is COc1cc(C=C[C@H]2C3=CC[C@@H]4C(=O)N(c5cccc([N+](=O)[O-])c5)C(=O)[C@@H]4[C@@H]3C[C@H]3C(=O)N(c4cc(-c5sc6ccc(Cl)cc6c5C)nn4C)C(=O)[C@@]23C)ccc1O. The number of benzene rings is 3. The van der Waals surface area contributed by atoms with Gasteiger partial charge in [0, 0.05) is 40.9 Å². The Bertz CT molecular complexity index is 2720. The first-order valence-electron chi connectivity index (χ1n) is 18.7. The lowest BCUT2D eigenvalue weighted by Crippen LogP contribution is -2.49. The summed E-state index contributed by atoms with van der Waals surface area (Å²) in [4.78, 5) is 72.6. The average molecular weight is 818 g/mol. The van der Waals surface area contributed by atoms with E-state index in [2.05, 4.69) is 0 Å². The first-order chi connectivity index (χ1) is 27.7. The highest BCUT2D eigenvalue weighted by Crippen LogP contribution is 2.61. The minimum atomic E-state index is -1.30. The molecule has 13 nitrogen and oxygen atoms in total. The van der Waals surface area contributed by atoms with Crippen LogP contribution < -0.4 is 14.5 Å². The van der Waals surface area contributed by atoms with Gasteiger partial charge >= 0.3 is 0 Å². The Morgan fingerprint density at radius 1 is 1.02 bits per heavy atom. The largest absolute Gasteiger partial charge is 0.504 e. The van der Waals surface area contributed by atoms with Crippen molar-refractivity contribution in [1.82, 2.24) is 9.78 Å². The van der Waals surface area contributed by atoms with Crippen LogP contribution in [-0.2, 0) is 26.2 Å². The lowest BCUT2D eigenvalue weighted by molar-refractivity contribution is -0.384. The molecule has 9 rings (SSSR count). The van der Waals surface area contributed by atoms with Gasteiger partial charge in [-0.05, 0) is 85.5 Å². The topological polar surface area (TPSA) is 165 Å². The van der Waals surface area contributed by atoms with Crippen LogP contribution in [0.3, 0.4) is 0 Å². The monoisotopic (exact) mass is 817 g/mol. The molecular weight excluding hydrogens is 782 g/mol. The highest BCUT2D eigenvalue weighted by atomic mass is 35.5. The van der Waals surface area contributed by atoms with Crippen molar-refractivity contribution in [2.45, 2.75) is 26.7 Å². The molecule has 6 atom stereocenters. The molecule has 2 aromatic heterocycles. The van der Waals surface area contributed by atoms with E-state index in [0.717, 1.165) is 31.0 Å². The molecule has 2 aliphatic carbocycles. The van der Waals surface area contributed by atoms with Gasteiger partial charge < -0.3 is 9.84 Å². The van der Waals surface area contributed by atoms with Crippen molar-refractivity contribution < 1.29 is 33.9 Å². The Morgan fingerprint density at radius 2 is 1.81 bits per heavy atom. The number of thiophene rings is 1. The number of fused-ring (bicyclic) bond motifs is 5. The standard InChI is InChI=1S/C43H36ClN5O8S/c1-21-28-17-23(44)10-15-35(28)58-38(21)32-20-36(46(3)45-32)48-40(52)31-19-29-26(30(43(31,2)42(48)54)13-8-22-9-14-33(50)34(16-22)57-4)11-12-27-37(29)41(53)47(39(27)51)24-6-5-7-25(18-24)49(55)56/h5-11,13-18,20,27,29-31,37,50H,12,19H2,1-4H3/t27-,29+,30-,31-,37-,43-/m0/s1. The number of anilines is 2. The molecule has 5 aromatic rings. The zero-order valence-electron chi connectivity index (χ0n) is 31.7. The number of carbonyl (C=O) groups excluding carboxylic acids is 4. The molecule has 4 heterocycles. The predicted octanol–water partition coefficient (Wildman–Crippen LogP) is 7.87. The van der Waals surface area contributed by atoms with Gasteiger partial charge in [0.2, 0.25) is 23.6 Å². The third-order valence-corrected chi connectivity index (χ3v) is 14.1. The Morgan fingerprint density at radius 3 is 2.57 bits per heavy atom. The number of nitro groups is 1. The summed E-state index contributed by atoms with van der Waals surface area (Å²) in [5.41, 5.74) is 1.57. The fourth-order valence-corrected chi connectivity index (χ4v) is 11.0. The molecule has 2 aliphatic heterocycles. The highest BCUT2D eigenvalue weighted by Gasteiger charge is 2.67. The van der Waals surface area contributed by atoms with E-state index in [9.17, 15) is 29.6 Å². The first-order valence-corrected chi connectivity index (χ1v) is 19.9. The van der Waals surface area contributed by atoms with Gasteiger partial charge in [-0.15, -0.1) is 11.3 Å². The maximum Gasteiger partial charge on any atom is 0.271 e. The summed E-state index contributed by atoms with van der Waals surface area (Å²) in [6.45, 7) is 3.78. The van der Waals surface area contributed by atoms with E-state index in [-0.39, 0.29) is 35.7 Å². The normalized spacial score (nSPS) is 25.4. The van der Waals surface area contributed by atoms with E-state index in [1.807, 2.05) is 37.3 Å². The molecule has 0 bridgehead atoms. The quantitative estimate of drug-likeness (QED) is 0.0745. The number of nitrogens with zero attached hydrogens (tertiary/aromatic N) is 5. The van der Waals surface area contributed by atoms with Crippen molar-refractivity contribution in [2.24, 2.45) is 42.1 Å². The van der Waals surface area contributed by atoms with Crippen LogP contribution >= 0.6 is 22.9 Å². The smallest absolute Gasteiger partial charge is 0.271 e. The number of phenols is 1. The number of allylic oxidation sites excluding steroid dienone is 3. The van der Waals surface area contributed by atoms with Crippen LogP contribution in [0, 0.1) is 52.0 Å². The van der Waals surface area contributed by atoms with Gasteiger partial charge in [0.05, 0.1) is 45.8 Å². The molecular formula is C43H36ClN5O8S. The van der Waals surface area contributed by atoms with Crippen LogP contribution in [0.4, 0.5) is 17.2 Å². The number of hydrogen-bond acceptors (Lipinski definition) is 10. The van der Waals surface area contributed by atoms with Crippen LogP contribution in [0.25, 0.3) is 26.7 Å². The van der Waals surface area contributed by atoms with E-state index in [0.29, 0.717) is 22.1 Å². The molecule has 3 fully saturated rings. The van der Waals surface area contributed by atoms with Gasteiger partial charge in [-0.3, -0.25) is 34.0 Å². The number of non-ortho nitro benzene ring substituents is 1. The number of aromatic hydroxyl groups is 1. The number of phenolic OH excluding ortho intramolecular Hbond substituents is 1. The second kappa shape index (κ2) is 13.5. The number of aryl methyl sites for hydroxylation is 2. The molecule has 3 aromatic carbocycles. The molecule has 1 N–H and O–H groups in total. The van der Waals surface area contributed by atoms with E-state index in [1.54, 1.807) is 49.6 Å². The number of ether oxygens (including phenoxy) is 1. The Kier molecular flexibility index (Phi) is 8.71. The third-order valence-electron chi connectivity index (χ3n) is 12.5. The fourth-order valence-electron chi connectivity index (χ4n) is 9.66. The molecule has 2 saturated heterocycles. The van der Waals surface area contributed by atoms with E-state index >= 15 is 4.79 Å². The predicted molar refractivity (Wildman–Crippen MR) is 218 cm³/mol. The molecule has 1 saturated carbocycles. The minimum absolute atomic E-state index is 0.0412. The van der Waals surface area contributed by atoms with Crippen LogP contribution in [0.15, 0.2) is 84.5 Å².